The normalized spacial score (nSPS) is 23.4. The lowest BCUT2D eigenvalue weighted by Crippen LogP contribution is -2.37. The number of nitrogens with one attached hydrogen (secondary N) is 1. The molecule has 1 atom stereocenters. The number of aromatic nitrogens is 2. The third-order valence-electron chi connectivity index (χ3n) is 5.28. The molecule has 1 N–H and O–H groups in total. The van der Waals surface area contributed by atoms with E-state index in [9.17, 15) is 4.79 Å². The van der Waals surface area contributed by atoms with Gasteiger partial charge in [-0.25, -0.2) is 0 Å². The molecular formula is C18H23N3O2. The highest BCUT2D eigenvalue weighted by atomic mass is 16.5. The van der Waals surface area contributed by atoms with Gasteiger partial charge in [0.25, 0.3) is 5.91 Å². The fourth-order valence-corrected chi connectivity index (χ4v) is 4.12. The number of fused-ring (bicyclic) bond motifs is 1. The van der Waals surface area contributed by atoms with Gasteiger partial charge in [0.1, 0.15) is 0 Å². The van der Waals surface area contributed by atoms with Crippen LogP contribution in [0.3, 0.4) is 0 Å². The first-order chi connectivity index (χ1) is 11.2. The summed E-state index contributed by atoms with van der Waals surface area (Å²) in [5.41, 5.74) is 1.50. The summed E-state index contributed by atoms with van der Waals surface area (Å²) in [6, 6.07) is 7.93. The smallest absolute Gasteiger partial charge is 0.272 e. The van der Waals surface area contributed by atoms with E-state index in [2.05, 4.69) is 10.4 Å². The van der Waals surface area contributed by atoms with Crippen molar-refractivity contribution in [2.45, 2.75) is 50.2 Å². The topological polar surface area (TPSA) is 56.2 Å². The van der Waals surface area contributed by atoms with E-state index in [1.807, 2.05) is 31.3 Å². The molecule has 1 saturated heterocycles. The van der Waals surface area contributed by atoms with Crippen molar-refractivity contribution >= 4 is 16.8 Å². The Morgan fingerprint density at radius 3 is 2.91 bits per heavy atom. The van der Waals surface area contributed by atoms with E-state index in [4.69, 9.17) is 4.74 Å². The fraction of sp³-hybridized carbons (Fsp3) is 0.556. The third kappa shape index (κ3) is 2.63. The second-order valence-corrected chi connectivity index (χ2v) is 6.92. The SMILES string of the molecule is Cn1nc(C(=O)N[C@H]2COC3(CCCCC3)C2)c2ccccc21. The molecule has 1 aromatic heterocycles. The predicted octanol–water partition coefficient (Wildman–Crippen LogP) is 2.79. The molecule has 1 aromatic carbocycles. The second-order valence-electron chi connectivity index (χ2n) is 6.92. The maximum Gasteiger partial charge on any atom is 0.272 e. The summed E-state index contributed by atoms with van der Waals surface area (Å²) >= 11 is 0. The van der Waals surface area contributed by atoms with E-state index in [0.717, 1.165) is 30.2 Å². The van der Waals surface area contributed by atoms with Gasteiger partial charge < -0.3 is 10.1 Å². The summed E-state index contributed by atoms with van der Waals surface area (Å²) < 4.78 is 7.85. The molecule has 2 aliphatic rings. The Bertz CT molecular complexity index is 731. The Hall–Kier alpha value is -1.88. The van der Waals surface area contributed by atoms with Crippen molar-refractivity contribution in [2.24, 2.45) is 7.05 Å². The number of hydrogen-bond acceptors (Lipinski definition) is 3. The van der Waals surface area contributed by atoms with E-state index in [0.29, 0.717) is 12.3 Å². The number of hydrogen-bond donors (Lipinski definition) is 1. The molecular weight excluding hydrogens is 290 g/mol. The standard InChI is InChI=1S/C18H23N3O2/c1-21-15-8-4-3-7-14(15)16(20-21)17(22)19-13-11-18(23-12-13)9-5-2-6-10-18/h3-4,7-8,13H,2,5-6,9-12H2,1H3,(H,19,22)/t13-/m1/s1. The van der Waals surface area contributed by atoms with E-state index < -0.39 is 0 Å². The van der Waals surface area contributed by atoms with E-state index >= 15 is 0 Å². The number of para-hydroxylation sites is 1. The Morgan fingerprint density at radius 1 is 1.30 bits per heavy atom. The van der Waals surface area contributed by atoms with Gasteiger partial charge in [0.05, 0.1) is 23.8 Å². The van der Waals surface area contributed by atoms with Crippen LogP contribution in [-0.2, 0) is 11.8 Å². The maximum absolute atomic E-state index is 12.7. The molecule has 5 heteroatoms. The lowest BCUT2D eigenvalue weighted by molar-refractivity contribution is -0.0246. The molecule has 1 saturated carbocycles. The molecule has 1 aliphatic heterocycles. The van der Waals surface area contributed by atoms with Gasteiger partial charge in [-0.3, -0.25) is 9.48 Å². The van der Waals surface area contributed by atoms with Gasteiger partial charge >= 0.3 is 0 Å². The molecule has 2 heterocycles. The highest BCUT2D eigenvalue weighted by Crippen LogP contribution is 2.39. The van der Waals surface area contributed by atoms with E-state index in [1.165, 1.54) is 19.3 Å². The molecule has 1 spiro atoms. The minimum absolute atomic E-state index is 0.0163. The highest BCUT2D eigenvalue weighted by Gasteiger charge is 2.41. The zero-order chi connectivity index (χ0) is 15.9. The fourth-order valence-electron chi connectivity index (χ4n) is 4.12. The zero-order valence-corrected chi connectivity index (χ0v) is 13.5. The van der Waals surface area contributed by atoms with Crippen LogP contribution < -0.4 is 5.32 Å². The lowest BCUT2D eigenvalue weighted by atomic mass is 9.82. The molecule has 122 valence electrons. The first-order valence-electron chi connectivity index (χ1n) is 8.53. The molecule has 4 rings (SSSR count). The summed E-state index contributed by atoms with van der Waals surface area (Å²) in [4.78, 5) is 12.7. The number of amides is 1. The summed E-state index contributed by atoms with van der Waals surface area (Å²) in [6.07, 6.45) is 6.99. The quantitative estimate of drug-likeness (QED) is 0.927. The number of rotatable bonds is 2. The van der Waals surface area contributed by atoms with Crippen LogP contribution in [0.2, 0.25) is 0 Å². The maximum atomic E-state index is 12.7. The summed E-state index contributed by atoms with van der Waals surface area (Å²) in [6.45, 7) is 0.622. The molecule has 5 nitrogen and oxygen atoms in total. The summed E-state index contributed by atoms with van der Waals surface area (Å²) in [7, 11) is 1.87. The zero-order valence-electron chi connectivity index (χ0n) is 13.5. The van der Waals surface area contributed by atoms with Gasteiger partial charge in [-0.1, -0.05) is 37.5 Å². The van der Waals surface area contributed by atoms with Gasteiger partial charge in [-0.2, -0.15) is 5.10 Å². The van der Waals surface area contributed by atoms with Gasteiger partial charge in [0.2, 0.25) is 0 Å². The average molecular weight is 313 g/mol. The van der Waals surface area contributed by atoms with Crippen molar-refractivity contribution in [3.8, 4) is 0 Å². The first-order valence-corrected chi connectivity index (χ1v) is 8.53. The largest absolute Gasteiger partial charge is 0.373 e. The van der Waals surface area contributed by atoms with Crippen LogP contribution in [0.5, 0.6) is 0 Å². The highest BCUT2D eigenvalue weighted by molar-refractivity contribution is 6.04. The van der Waals surface area contributed by atoms with Crippen molar-refractivity contribution < 1.29 is 9.53 Å². The Morgan fingerprint density at radius 2 is 2.09 bits per heavy atom. The van der Waals surface area contributed by atoms with Gasteiger partial charge in [0, 0.05) is 12.4 Å². The lowest BCUT2D eigenvalue weighted by Gasteiger charge is -2.32. The Kier molecular flexibility index (Phi) is 3.60. The van der Waals surface area contributed by atoms with Gasteiger partial charge in [0.15, 0.2) is 5.69 Å². The molecule has 1 amide bonds. The van der Waals surface area contributed by atoms with Crippen molar-refractivity contribution in [3.05, 3.63) is 30.0 Å². The van der Waals surface area contributed by atoms with Crippen LogP contribution >= 0.6 is 0 Å². The van der Waals surface area contributed by atoms with Crippen molar-refractivity contribution in [2.75, 3.05) is 6.61 Å². The van der Waals surface area contributed by atoms with Crippen LogP contribution in [0, 0.1) is 0 Å². The number of carbonyl (C=O) groups is 1. The molecule has 0 bridgehead atoms. The molecule has 1 aliphatic carbocycles. The van der Waals surface area contributed by atoms with Crippen LogP contribution in [0.4, 0.5) is 0 Å². The molecule has 2 aromatic rings. The molecule has 2 fully saturated rings. The van der Waals surface area contributed by atoms with Gasteiger partial charge in [-0.15, -0.1) is 0 Å². The molecule has 23 heavy (non-hydrogen) atoms. The summed E-state index contributed by atoms with van der Waals surface area (Å²) in [5.74, 6) is -0.0942. The molecule has 0 unspecified atom stereocenters. The second kappa shape index (κ2) is 5.64. The minimum Gasteiger partial charge on any atom is -0.373 e. The molecule has 0 radical (unpaired) electrons. The monoisotopic (exact) mass is 313 g/mol. The van der Waals surface area contributed by atoms with E-state index in [1.54, 1.807) is 4.68 Å². The van der Waals surface area contributed by atoms with E-state index in [-0.39, 0.29) is 17.6 Å². The predicted molar refractivity (Wildman–Crippen MR) is 88.4 cm³/mol. The van der Waals surface area contributed by atoms with Crippen LogP contribution in [0.1, 0.15) is 49.0 Å². The minimum atomic E-state index is -0.0942. The number of ether oxygens (including phenoxy) is 1. The van der Waals surface area contributed by atoms with Crippen molar-refractivity contribution in [3.63, 3.8) is 0 Å². The third-order valence-corrected chi connectivity index (χ3v) is 5.28. The van der Waals surface area contributed by atoms with Crippen LogP contribution in [0.25, 0.3) is 10.9 Å². The number of carbonyl (C=O) groups excluding carboxylic acids is 1. The van der Waals surface area contributed by atoms with Crippen molar-refractivity contribution in [1.82, 2.24) is 15.1 Å². The Balaban J connectivity index is 1.50. The number of benzene rings is 1. The van der Waals surface area contributed by atoms with Crippen molar-refractivity contribution in [1.29, 1.82) is 0 Å². The average Bonchev–Trinajstić information content (AvgIpc) is 3.10. The number of nitrogens with zero attached hydrogens (tertiary/aromatic N) is 2. The summed E-state index contributed by atoms with van der Waals surface area (Å²) in [5, 5.41) is 8.43. The Labute approximate surface area is 136 Å². The van der Waals surface area contributed by atoms with Crippen LogP contribution in [0.15, 0.2) is 24.3 Å². The first kappa shape index (κ1) is 14.7. The van der Waals surface area contributed by atoms with Gasteiger partial charge in [-0.05, 0) is 25.3 Å². The van der Waals surface area contributed by atoms with Crippen LogP contribution in [-0.4, -0.2) is 33.9 Å². The number of aryl methyl sites for hydroxylation is 1.